The Morgan fingerprint density at radius 3 is 2.27 bits per heavy atom. The molecule has 0 aliphatic carbocycles. The number of hydrogen-bond donors (Lipinski definition) is 2. The molecular formula is C24H36N2O5S2. The predicted molar refractivity (Wildman–Crippen MR) is 134 cm³/mol. The molecule has 7 nitrogen and oxygen atoms in total. The fraction of sp³-hybridized carbons (Fsp3) is 0.500. The molecule has 3 rings (SSSR count). The van der Waals surface area contributed by atoms with E-state index < -0.39 is 20.8 Å². The number of primary sulfonamides is 1. The van der Waals surface area contributed by atoms with E-state index >= 15 is 0 Å². The van der Waals surface area contributed by atoms with Crippen LogP contribution in [0.15, 0.2) is 47.4 Å². The zero-order valence-corrected chi connectivity index (χ0v) is 21.1. The van der Waals surface area contributed by atoms with E-state index in [0.717, 1.165) is 30.1 Å². The molecule has 0 aromatic heterocycles. The van der Waals surface area contributed by atoms with E-state index in [0.29, 0.717) is 12.5 Å². The fourth-order valence-electron chi connectivity index (χ4n) is 3.38. The summed E-state index contributed by atoms with van der Waals surface area (Å²) in [6.45, 7) is 4.61. The molecule has 184 valence electrons. The number of nitrogen functional groups attached to an aromatic ring is 1. The molecule has 0 saturated carbocycles. The molecule has 1 aliphatic heterocycles. The first-order chi connectivity index (χ1) is 15.7. The maximum atomic E-state index is 12.3. The molecule has 0 bridgehead atoms. The highest BCUT2D eigenvalue weighted by molar-refractivity contribution is 7.89. The average molecular weight is 497 g/mol. The summed E-state index contributed by atoms with van der Waals surface area (Å²) in [6.07, 6.45) is 8.32. The third kappa shape index (κ3) is 9.73. The Kier molecular flexibility index (Phi) is 11.2. The second kappa shape index (κ2) is 13.6. The average Bonchev–Trinajstić information content (AvgIpc) is 3.24. The predicted octanol–water partition coefficient (Wildman–Crippen LogP) is 4.37. The Hall–Kier alpha value is -2.10. The highest BCUT2D eigenvalue weighted by Crippen LogP contribution is 2.33. The number of benzene rings is 2. The van der Waals surface area contributed by atoms with Crippen LogP contribution in [-0.2, 0) is 27.2 Å². The SMILES string of the molecule is CCCCCCCCS(=O)C(C)Cc1ccc2c(c1)OCO2.Nc1ccc(S(N)(=O)=O)cc1. The van der Waals surface area contributed by atoms with Crippen LogP contribution in [0.25, 0.3) is 0 Å². The van der Waals surface area contributed by atoms with Crippen molar-refractivity contribution in [1.82, 2.24) is 0 Å². The third-order valence-electron chi connectivity index (χ3n) is 5.32. The van der Waals surface area contributed by atoms with Gasteiger partial charge in [0.15, 0.2) is 11.5 Å². The standard InChI is InChI=1S/C18H28O3S.C6H8N2O2S/c1-3-4-5-6-7-8-11-22(19)15(2)12-16-9-10-17-18(13-16)21-14-20-17;7-5-1-3-6(4-2-5)11(8,9)10/h9-10,13,15H,3-8,11-12,14H2,1-2H3;1-4H,7H2,(H2,8,9,10). The van der Waals surface area contributed by atoms with Gasteiger partial charge in [-0.15, -0.1) is 0 Å². The number of ether oxygens (including phenoxy) is 2. The number of sulfonamides is 1. The number of hydrogen-bond acceptors (Lipinski definition) is 6. The van der Waals surface area contributed by atoms with E-state index in [1.807, 2.05) is 18.2 Å². The first-order valence-electron chi connectivity index (χ1n) is 11.3. The lowest BCUT2D eigenvalue weighted by Crippen LogP contribution is -2.16. The molecule has 2 aromatic rings. The number of fused-ring (bicyclic) bond motifs is 1. The molecule has 2 aromatic carbocycles. The molecule has 33 heavy (non-hydrogen) atoms. The Morgan fingerprint density at radius 1 is 0.970 bits per heavy atom. The van der Waals surface area contributed by atoms with Crippen molar-refractivity contribution >= 4 is 26.5 Å². The highest BCUT2D eigenvalue weighted by Gasteiger charge is 2.16. The lowest BCUT2D eigenvalue weighted by Gasteiger charge is -2.12. The molecule has 9 heteroatoms. The van der Waals surface area contributed by atoms with Gasteiger partial charge < -0.3 is 15.2 Å². The summed E-state index contributed by atoms with van der Waals surface area (Å²) < 4.78 is 44.4. The topological polar surface area (TPSA) is 122 Å². The molecule has 1 aliphatic rings. The quantitative estimate of drug-likeness (QED) is 0.352. The number of anilines is 1. The molecule has 0 saturated heterocycles. The smallest absolute Gasteiger partial charge is 0.238 e. The van der Waals surface area contributed by atoms with E-state index in [2.05, 4.69) is 13.8 Å². The molecular weight excluding hydrogens is 460 g/mol. The lowest BCUT2D eigenvalue weighted by atomic mass is 10.1. The maximum Gasteiger partial charge on any atom is 0.238 e. The fourth-order valence-corrected chi connectivity index (χ4v) is 5.16. The van der Waals surface area contributed by atoms with Crippen LogP contribution in [0.2, 0.25) is 0 Å². The molecule has 0 fully saturated rings. The minimum absolute atomic E-state index is 0.0756. The summed E-state index contributed by atoms with van der Waals surface area (Å²) in [4.78, 5) is 0.0756. The van der Waals surface area contributed by atoms with Crippen LogP contribution in [0.4, 0.5) is 5.69 Å². The lowest BCUT2D eigenvalue weighted by molar-refractivity contribution is 0.174. The van der Waals surface area contributed by atoms with Crippen LogP contribution in [0.5, 0.6) is 11.5 Å². The van der Waals surface area contributed by atoms with Crippen LogP contribution >= 0.6 is 0 Å². The summed E-state index contributed by atoms with van der Waals surface area (Å²) in [5.41, 5.74) is 7.02. The zero-order valence-electron chi connectivity index (χ0n) is 19.5. The zero-order chi connectivity index (χ0) is 24.3. The van der Waals surface area contributed by atoms with Crippen molar-refractivity contribution in [2.45, 2.75) is 68.9 Å². The van der Waals surface area contributed by atoms with Crippen molar-refractivity contribution in [2.75, 3.05) is 18.3 Å². The Labute approximate surface area is 200 Å². The summed E-state index contributed by atoms with van der Waals surface area (Å²) in [5.74, 6) is 2.45. The van der Waals surface area contributed by atoms with Crippen molar-refractivity contribution in [3.05, 3.63) is 48.0 Å². The molecule has 0 amide bonds. The van der Waals surface area contributed by atoms with Crippen molar-refractivity contribution in [3.8, 4) is 11.5 Å². The van der Waals surface area contributed by atoms with Crippen molar-refractivity contribution < 1.29 is 22.1 Å². The number of unbranched alkanes of at least 4 members (excludes halogenated alkanes) is 5. The minimum Gasteiger partial charge on any atom is -0.454 e. The van der Waals surface area contributed by atoms with Crippen LogP contribution in [0.1, 0.15) is 57.9 Å². The van der Waals surface area contributed by atoms with Gasteiger partial charge in [-0.2, -0.15) is 0 Å². The number of rotatable bonds is 11. The Balaban J connectivity index is 0.000000294. The molecule has 0 spiro atoms. The van der Waals surface area contributed by atoms with Crippen molar-refractivity contribution in [2.24, 2.45) is 5.14 Å². The van der Waals surface area contributed by atoms with Gasteiger partial charge in [0.1, 0.15) is 0 Å². The van der Waals surface area contributed by atoms with Crippen molar-refractivity contribution in [3.63, 3.8) is 0 Å². The Morgan fingerprint density at radius 2 is 1.61 bits per heavy atom. The van der Waals surface area contributed by atoms with Crippen LogP contribution in [-0.4, -0.2) is 30.4 Å². The van der Waals surface area contributed by atoms with Gasteiger partial charge >= 0.3 is 0 Å². The van der Waals surface area contributed by atoms with Gasteiger partial charge in [-0.25, -0.2) is 13.6 Å². The normalized spacial score (nSPS) is 14.3. The van der Waals surface area contributed by atoms with Crippen LogP contribution in [0.3, 0.4) is 0 Å². The molecule has 1 heterocycles. The van der Waals surface area contributed by atoms with Gasteiger partial charge in [0.25, 0.3) is 0 Å². The van der Waals surface area contributed by atoms with Gasteiger partial charge in [-0.3, -0.25) is 4.21 Å². The van der Waals surface area contributed by atoms with Gasteiger partial charge in [-0.1, -0.05) is 52.0 Å². The van der Waals surface area contributed by atoms with E-state index in [1.54, 1.807) is 0 Å². The molecule has 4 N–H and O–H groups in total. The first kappa shape index (κ1) is 27.1. The van der Waals surface area contributed by atoms with E-state index in [-0.39, 0.29) is 10.1 Å². The second-order valence-corrected chi connectivity index (χ2v) is 11.7. The number of nitrogens with two attached hydrogens (primary N) is 2. The molecule has 2 unspecified atom stereocenters. The third-order valence-corrected chi connectivity index (χ3v) is 8.00. The molecule has 2 atom stereocenters. The van der Waals surface area contributed by atoms with Crippen LogP contribution in [0, 0.1) is 0 Å². The maximum absolute atomic E-state index is 12.3. The van der Waals surface area contributed by atoms with Gasteiger partial charge in [0.2, 0.25) is 16.8 Å². The Bertz CT molecular complexity index is 994. The van der Waals surface area contributed by atoms with Crippen LogP contribution < -0.4 is 20.3 Å². The van der Waals surface area contributed by atoms with Crippen molar-refractivity contribution in [1.29, 1.82) is 0 Å². The first-order valence-corrected chi connectivity index (χ1v) is 14.3. The largest absolute Gasteiger partial charge is 0.454 e. The van der Waals surface area contributed by atoms with E-state index in [1.165, 1.54) is 61.9 Å². The highest BCUT2D eigenvalue weighted by atomic mass is 32.2. The summed E-state index contributed by atoms with van der Waals surface area (Å²) in [5, 5.41) is 5.03. The summed E-state index contributed by atoms with van der Waals surface area (Å²) in [6, 6.07) is 11.7. The molecule has 0 radical (unpaired) electrons. The van der Waals surface area contributed by atoms with Gasteiger partial charge in [-0.05, 0) is 54.8 Å². The van der Waals surface area contributed by atoms with Gasteiger partial charge in [0.05, 0.1) is 4.90 Å². The second-order valence-electron chi connectivity index (χ2n) is 8.17. The van der Waals surface area contributed by atoms with E-state index in [4.69, 9.17) is 20.3 Å². The van der Waals surface area contributed by atoms with E-state index in [9.17, 15) is 12.6 Å². The minimum atomic E-state index is -3.58. The van der Waals surface area contributed by atoms with Gasteiger partial charge in [0, 0.05) is 27.5 Å². The summed E-state index contributed by atoms with van der Waals surface area (Å²) >= 11 is 0. The summed E-state index contributed by atoms with van der Waals surface area (Å²) in [7, 11) is -4.32. The monoisotopic (exact) mass is 496 g/mol.